The van der Waals surface area contributed by atoms with Crippen LogP contribution in [0.25, 0.3) is 0 Å². The van der Waals surface area contributed by atoms with Gasteiger partial charge in [0.1, 0.15) is 5.82 Å². The van der Waals surface area contributed by atoms with Gasteiger partial charge in [-0.15, -0.1) is 0 Å². The van der Waals surface area contributed by atoms with Crippen molar-refractivity contribution in [3.8, 4) is 0 Å². The molecule has 1 unspecified atom stereocenters. The van der Waals surface area contributed by atoms with Crippen LogP contribution in [0.2, 0.25) is 0 Å². The number of aryl methyl sites for hydroxylation is 1. The molecule has 1 nitrogen and oxygen atoms in total. The molecule has 1 aliphatic rings. The van der Waals surface area contributed by atoms with E-state index in [0.717, 1.165) is 30.0 Å². The van der Waals surface area contributed by atoms with Crippen LogP contribution >= 0.6 is 0 Å². The summed E-state index contributed by atoms with van der Waals surface area (Å²) in [6.45, 7) is 4.88. The Morgan fingerprint density at radius 1 is 1.25 bits per heavy atom. The van der Waals surface area contributed by atoms with Crippen molar-refractivity contribution in [3.63, 3.8) is 0 Å². The zero-order valence-electron chi connectivity index (χ0n) is 12.9. The summed E-state index contributed by atoms with van der Waals surface area (Å²) in [7, 11) is 0. The van der Waals surface area contributed by atoms with Crippen molar-refractivity contribution < 1.29 is 4.39 Å². The Balaban J connectivity index is 1.96. The minimum Gasteiger partial charge on any atom is -0.310 e. The SMILES string of the molecule is CCNC(CCC1CCCCC1)c1ccc(C)c(F)c1. The second-order valence-electron chi connectivity index (χ2n) is 6.20. The molecule has 1 N–H and O–H groups in total. The number of benzene rings is 1. The van der Waals surface area contributed by atoms with Crippen molar-refractivity contribution in [1.82, 2.24) is 5.32 Å². The minimum atomic E-state index is -0.0805. The van der Waals surface area contributed by atoms with Crippen LogP contribution in [0.3, 0.4) is 0 Å². The van der Waals surface area contributed by atoms with Gasteiger partial charge >= 0.3 is 0 Å². The van der Waals surface area contributed by atoms with Crippen LogP contribution in [-0.2, 0) is 0 Å². The van der Waals surface area contributed by atoms with Gasteiger partial charge in [0.05, 0.1) is 0 Å². The quantitative estimate of drug-likeness (QED) is 0.758. The molecule has 2 heteroatoms. The highest BCUT2D eigenvalue weighted by Gasteiger charge is 2.17. The number of halogens is 1. The van der Waals surface area contributed by atoms with Crippen molar-refractivity contribution in [2.24, 2.45) is 5.92 Å². The second-order valence-corrected chi connectivity index (χ2v) is 6.20. The largest absolute Gasteiger partial charge is 0.310 e. The molecule has 0 radical (unpaired) electrons. The summed E-state index contributed by atoms with van der Waals surface area (Å²) in [5, 5.41) is 3.52. The van der Waals surface area contributed by atoms with E-state index >= 15 is 0 Å². The molecule has 1 aromatic carbocycles. The van der Waals surface area contributed by atoms with Crippen LogP contribution < -0.4 is 5.32 Å². The van der Waals surface area contributed by atoms with Gasteiger partial charge in [-0.3, -0.25) is 0 Å². The van der Waals surface area contributed by atoms with Gasteiger partial charge in [-0.25, -0.2) is 4.39 Å². The lowest BCUT2D eigenvalue weighted by atomic mass is 9.84. The Kier molecular flexibility index (Phi) is 6.03. The standard InChI is InChI=1S/C18H28FN/c1-3-20-18(12-10-15-7-5-4-6-8-15)16-11-9-14(2)17(19)13-16/h9,11,13,15,18,20H,3-8,10,12H2,1-2H3. The number of rotatable bonds is 6. The van der Waals surface area contributed by atoms with Gasteiger partial charge in [0, 0.05) is 6.04 Å². The second kappa shape index (κ2) is 7.78. The third kappa shape index (κ3) is 4.31. The third-order valence-electron chi connectivity index (χ3n) is 4.64. The van der Waals surface area contributed by atoms with Crippen LogP contribution in [0.5, 0.6) is 0 Å². The number of hydrogen-bond acceptors (Lipinski definition) is 1. The Hall–Kier alpha value is -0.890. The first-order valence-corrected chi connectivity index (χ1v) is 8.20. The van der Waals surface area contributed by atoms with E-state index in [0.29, 0.717) is 6.04 Å². The van der Waals surface area contributed by atoms with Gasteiger partial charge in [-0.05, 0) is 49.4 Å². The molecule has 1 fully saturated rings. The highest BCUT2D eigenvalue weighted by Crippen LogP contribution is 2.30. The highest BCUT2D eigenvalue weighted by molar-refractivity contribution is 5.25. The molecule has 0 heterocycles. The summed E-state index contributed by atoms with van der Waals surface area (Å²) in [5.74, 6) is 0.809. The fraction of sp³-hybridized carbons (Fsp3) is 0.667. The Labute approximate surface area is 123 Å². The maximum absolute atomic E-state index is 13.7. The Morgan fingerprint density at radius 2 is 2.00 bits per heavy atom. The molecule has 0 amide bonds. The first-order valence-electron chi connectivity index (χ1n) is 8.20. The maximum atomic E-state index is 13.7. The van der Waals surface area contributed by atoms with Gasteiger partial charge < -0.3 is 5.32 Å². The minimum absolute atomic E-state index is 0.0805. The van der Waals surface area contributed by atoms with Crippen molar-refractivity contribution in [1.29, 1.82) is 0 Å². The lowest BCUT2D eigenvalue weighted by molar-refractivity contribution is 0.315. The fourth-order valence-electron chi connectivity index (χ4n) is 3.34. The predicted molar refractivity (Wildman–Crippen MR) is 83.4 cm³/mol. The lowest BCUT2D eigenvalue weighted by Crippen LogP contribution is -2.22. The number of hydrogen-bond donors (Lipinski definition) is 1. The summed E-state index contributed by atoms with van der Waals surface area (Å²) in [4.78, 5) is 0. The molecular formula is C18H28FN. The van der Waals surface area contributed by atoms with Gasteiger partial charge in [0.2, 0.25) is 0 Å². The molecule has 0 bridgehead atoms. The molecular weight excluding hydrogens is 249 g/mol. The topological polar surface area (TPSA) is 12.0 Å². The molecule has 2 rings (SSSR count). The van der Waals surface area contributed by atoms with Crippen LogP contribution in [0.15, 0.2) is 18.2 Å². The van der Waals surface area contributed by atoms with Gasteiger partial charge in [-0.2, -0.15) is 0 Å². The molecule has 1 aliphatic carbocycles. The van der Waals surface area contributed by atoms with Crippen molar-refractivity contribution in [3.05, 3.63) is 35.1 Å². The summed E-state index contributed by atoms with van der Waals surface area (Å²) in [5.41, 5.74) is 1.84. The molecule has 1 atom stereocenters. The van der Waals surface area contributed by atoms with Crippen LogP contribution in [0.4, 0.5) is 4.39 Å². The van der Waals surface area contributed by atoms with Gasteiger partial charge in [0.15, 0.2) is 0 Å². The maximum Gasteiger partial charge on any atom is 0.126 e. The molecule has 0 aliphatic heterocycles. The average Bonchev–Trinajstić information content (AvgIpc) is 2.47. The normalized spacial score (nSPS) is 18.1. The van der Waals surface area contributed by atoms with Crippen LogP contribution in [0, 0.1) is 18.7 Å². The highest BCUT2D eigenvalue weighted by atomic mass is 19.1. The van der Waals surface area contributed by atoms with Gasteiger partial charge in [-0.1, -0.05) is 51.2 Å². The number of nitrogens with one attached hydrogen (secondary N) is 1. The van der Waals surface area contributed by atoms with E-state index in [9.17, 15) is 4.39 Å². The summed E-state index contributed by atoms with van der Waals surface area (Å²) >= 11 is 0. The Morgan fingerprint density at radius 3 is 2.65 bits per heavy atom. The first-order chi connectivity index (χ1) is 9.70. The zero-order valence-corrected chi connectivity index (χ0v) is 12.9. The fourth-order valence-corrected chi connectivity index (χ4v) is 3.34. The monoisotopic (exact) mass is 277 g/mol. The first kappa shape index (κ1) is 15.5. The molecule has 0 aromatic heterocycles. The van der Waals surface area contributed by atoms with E-state index in [1.807, 2.05) is 13.0 Å². The van der Waals surface area contributed by atoms with Crippen molar-refractivity contribution in [2.75, 3.05) is 6.54 Å². The predicted octanol–water partition coefficient (Wildman–Crippen LogP) is 5.15. The van der Waals surface area contributed by atoms with E-state index < -0.39 is 0 Å². The zero-order chi connectivity index (χ0) is 14.4. The van der Waals surface area contributed by atoms with Crippen LogP contribution in [0.1, 0.15) is 69.0 Å². The summed E-state index contributed by atoms with van der Waals surface area (Å²) in [6.07, 6.45) is 9.39. The Bertz CT molecular complexity index is 410. The third-order valence-corrected chi connectivity index (χ3v) is 4.64. The molecule has 112 valence electrons. The van der Waals surface area contributed by atoms with E-state index in [1.165, 1.54) is 38.5 Å². The lowest BCUT2D eigenvalue weighted by Gasteiger charge is -2.25. The molecule has 0 spiro atoms. The smallest absolute Gasteiger partial charge is 0.126 e. The molecule has 1 aromatic rings. The average molecular weight is 277 g/mol. The van der Waals surface area contributed by atoms with Crippen LogP contribution in [-0.4, -0.2) is 6.54 Å². The molecule has 1 saturated carbocycles. The van der Waals surface area contributed by atoms with E-state index in [4.69, 9.17) is 0 Å². The molecule has 20 heavy (non-hydrogen) atoms. The van der Waals surface area contributed by atoms with Crippen molar-refractivity contribution >= 4 is 0 Å². The van der Waals surface area contributed by atoms with E-state index in [-0.39, 0.29) is 5.82 Å². The van der Waals surface area contributed by atoms with E-state index in [1.54, 1.807) is 6.07 Å². The van der Waals surface area contributed by atoms with E-state index in [2.05, 4.69) is 18.3 Å². The summed E-state index contributed by atoms with van der Waals surface area (Å²) in [6, 6.07) is 5.99. The summed E-state index contributed by atoms with van der Waals surface area (Å²) < 4.78 is 13.7. The molecule has 0 saturated heterocycles. The van der Waals surface area contributed by atoms with Gasteiger partial charge in [0.25, 0.3) is 0 Å². The van der Waals surface area contributed by atoms with Crippen molar-refractivity contribution in [2.45, 2.75) is 64.8 Å².